The van der Waals surface area contributed by atoms with Crippen molar-refractivity contribution in [2.24, 2.45) is 4.99 Å². The van der Waals surface area contributed by atoms with Gasteiger partial charge in [0.15, 0.2) is 4.80 Å². The summed E-state index contributed by atoms with van der Waals surface area (Å²) in [5, 5.41) is 0. The van der Waals surface area contributed by atoms with Crippen LogP contribution in [0.5, 0.6) is 5.75 Å². The van der Waals surface area contributed by atoms with Crippen molar-refractivity contribution in [3.05, 3.63) is 52.8 Å². The van der Waals surface area contributed by atoms with Gasteiger partial charge in [-0.15, -0.1) is 0 Å². The van der Waals surface area contributed by atoms with Crippen LogP contribution in [-0.2, 0) is 20.9 Å². The van der Waals surface area contributed by atoms with Gasteiger partial charge in [-0.3, -0.25) is 19.3 Å². The predicted molar refractivity (Wildman–Crippen MR) is 116 cm³/mol. The Morgan fingerprint density at radius 2 is 1.77 bits per heavy atom. The highest BCUT2D eigenvalue weighted by atomic mass is 32.1. The molecule has 1 saturated heterocycles. The maximum Gasteiger partial charge on any atom is 0.279 e. The number of carbonyl (C=O) groups excluding carboxylic acids is 3. The highest BCUT2D eigenvalue weighted by Crippen LogP contribution is 2.27. The van der Waals surface area contributed by atoms with Crippen molar-refractivity contribution in [1.82, 2.24) is 4.57 Å². The third-order valence-electron chi connectivity index (χ3n) is 5.02. The summed E-state index contributed by atoms with van der Waals surface area (Å²) >= 11 is 1.39. The molecule has 3 amide bonds. The Morgan fingerprint density at radius 1 is 1.06 bits per heavy atom. The van der Waals surface area contributed by atoms with E-state index in [-0.39, 0.29) is 24.7 Å². The number of ether oxygens (including phenoxy) is 2. The minimum atomic E-state index is -0.415. The molecule has 0 atom stereocenters. The predicted octanol–water partition coefficient (Wildman–Crippen LogP) is 2.75. The van der Waals surface area contributed by atoms with Crippen LogP contribution in [0.3, 0.4) is 0 Å². The van der Waals surface area contributed by atoms with Crippen molar-refractivity contribution in [2.45, 2.75) is 19.4 Å². The van der Waals surface area contributed by atoms with Gasteiger partial charge in [0.05, 0.1) is 24.1 Å². The Kier molecular flexibility index (Phi) is 5.97. The van der Waals surface area contributed by atoms with Crippen molar-refractivity contribution in [3.63, 3.8) is 0 Å². The van der Waals surface area contributed by atoms with E-state index in [1.165, 1.54) is 11.3 Å². The summed E-state index contributed by atoms with van der Waals surface area (Å²) < 4.78 is 13.6. The Labute approximate surface area is 182 Å². The first-order valence-electron chi connectivity index (χ1n) is 9.73. The number of aromatic nitrogens is 1. The number of carbonyl (C=O) groups is 3. The molecule has 2 aromatic carbocycles. The largest absolute Gasteiger partial charge is 0.495 e. The molecule has 0 radical (unpaired) electrons. The van der Waals surface area contributed by atoms with E-state index in [2.05, 4.69) is 4.99 Å². The maximum atomic E-state index is 12.8. The lowest BCUT2D eigenvalue weighted by atomic mass is 10.2. The van der Waals surface area contributed by atoms with Gasteiger partial charge in [-0.1, -0.05) is 17.4 Å². The molecule has 0 saturated carbocycles. The number of methoxy groups -OCH3 is 2. The number of amides is 3. The van der Waals surface area contributed by atoms with Crippen molar-refractivity contribution >= 4 is 45.0 Å². The first-order chi connectivity index (χ1) is 15.0. The molecule has 1 fully saturated rings. The molecule has 8 nitrogen and oxygen atoms in total. The third kappa shape index (κ3) is 4.01. The number of benzene rings is 2. The zero-order chi connectivity index (χ0) is 22.0. The van der Waals surface area contributed by atoms with E-state index in [4.69, 9.17) is 9.47 Å². The van der Waals surface area contributed by atoms with Crippen LogP contribution in [0.15, 0.2) is 47.5 Å². The van der Waals surface area contributed by atoms with Gasteiger partial charge < -0.3 is 14.0 Å². The minimum Gasteiger partial charge on any atom is -0.495 e. The monoisotopic (exact) mass is 439 g/mol. The van der Waals surface area contributed by atoms with E-state index < -0.39 is 5.91 Å². The molecule has 9 heteroatoms. The van der Waals surface area contributed by atoms with Gasteiger partial charge in [0.2, 0.25) is 11.8 Å². The fourth-order valence-electron chi connectivity index (χ4n) is 3.51. The Morgan fingerprint density at radius 3 is 2.42 bits per heavy atom. The molecule has 1 aromatic heterocycles. The normalized spacial score (nSPS) is 14.6. The summed E-state index contributed by atoms with van der Waals surface area (Å²) in [7, 11) is 3.22. The fourth-order valence-corrected chi connectivity index (χ4v) is 4.58. The summed E-state index contributed by atoms with van der Waals surface area (Å²) in [6.07, 6.45) is 0.428. The summed E-state index contributed by atoms with van der Waals surface area (Å²) in [6, 6.07) is 12.1. The minimum absolute atomic E-state index is 0.214. The molecular formula is C22H21N3O5S. The molecule has 31 heavy (non-hydrogen) atoms. The van der Waals surface area contributed by atoms with Crippen molar-refractivity contribution in [2.75, 3.05) is 25.7 Å². The van der Waals surface area contributed by atoms with Crippen LogP contribution < -0.4 is 14.4 Å². The van der Waals surface area contributed by atoms with Gasteiger partial charge in [-0.05, 0) is 36.4 Å². The molecule has 4 rings (SSSR count). The smallest absolute Gasteiger partial charge is 0.279 e. The zero-order valence-corrected chi connectivity index (χ0v) is 18.0. The van der Waals surface area contributed by atoms with Crippen LogP contribution in [0.4, 0.5) is 5.69 Å². The van der Waals surface area contributed by atoms with Gasteiger partial charge in [0, 0.05) is 32.1 Å². The van der Waals surface area contributed by atoms with Crippen LogP contribution in [0, 0.1) is 0 Å². The molecule has 0 spiro atoms. The van der Waals surface area contributed by atoms with Crippen LogP contribution in [-0.4, -0.2) is 43.1 Å². The molecule has 0 bridgehead atoms. The third-order valence-corrected chi connectivity index (χ3v) is 6.07. The van der Waals surface area contributed by atoms with Crippen molar-refractivity contribution in [3.8, 4) is 5.75 Å². The molecule has 160 valence electrons. The number of nitrogens with zero attached hydrogens (tertiary/aromatic N) is 3. The fraction of sp³-hybridized carbons (Fsp3) is 0.273. The van der Waals surface area contributed by atoms with Gasteiger partial charge >= 0.3 is 0 Å². The van der Waals surface area contributed by atoms with E-state index in [1.807, 2.05) is 22.8 Å². The summed E-state index contributed by atoms with van der Waals surface area (Å²) in [5.74, 6) is -0.176. The molecular weight excluding hydrogens is 418 g/mol. The summed E-state index contributed by atoms with van der Waals surface area (Å²) in [4.78, 5) is 42.7. The standard InChI is InChI=1S/C22H21N3O5S/c1-29-13-12-24-20-16(30-2)4-3-5-17(20)31-22(24)23-21(28)14-6-8-15(9-7-14)25-18(26)10-11-19(25)27/h3-9H,10-13H2,1-2H3. The maximum absolute atomic E-state index is 12.8. The number of anilines is 1. The Hall–Kier alpha value is -3.30. The summed E-state index contributed by atoms with van der Waals surface area (Å²) in [5.41, 5.74) is 1.69. The second-order valence-electron chi connectivity index (χ2n) is 6.92. The van der Waals surface area contributed by atoms with Gasteiger partial charge in [0.25, 0.3) is 5.91 Å². The highest BCUT2D eigenvalue weighted by Gasteiger charge is 2.30. The first-order valence-corrected chi connectivity index (χ1v) is 10.6. The van der Waals surface area contributed by atoms with E-state index >= 15 is 0 Å². The average Bonchev–Trinajstić information content (AvgIpc) is 3.30. The molecule has 0 unspecified atom stereocenters. The lowest BCUT2D eigenvalue weighted by Gasteiger charge is -2.13. The Bertz CT molecular complexity index is 1210. The topological polar surface area (TPSA) is 90.2 Å². The second kappa shape index (κ2) is 8.83. The van der Waals surface area contributed by atoms with Crippen molar-refractivity contribution < 1.29 is 23.9 Å². The first kappa shape index (κ1) is 21.0. The van der Waals surface area contributed by atoms with Crippen LogP contribution in [0.25, 0.3) is 10.2 Å². The number of hydrogen-bond donors (Lipinski definition) is 0. The number of rotatable bonds is 6. The van der Waals surface area contributed by atoms with Gasteiger partial charge in [0.1, 0.15) is 11.3 Å². The molecule has 1 aliphatic rings. The summed E-state index contributed by atoms with van der Waals surface area (Å²) in [6.45, 7) is 0.971. The lowest BCUT2D eigenvalue weighted by molar-refractivity contribution is -0.121. The highest BCUT2D eigenvalue weighted by molar-refractivity contribution is 7.16. The van der Waals surface area contributed by atoms with E-state index in [1.54, 1.807) is 38.5 Å². The van der Waals surface area contributed by atoms with E-state index in [0.717, 1.165) is 15.1 Å². The number of para-hydroxylation sites is 1. The quantitative estimate of drug-likeness (QED) is 0.551. The zero-order valence-electron chi connectivity index (χ0n) is 17.2. The number of fused-ring (bicyclic) bond motifs is 1. The molecule has 2 heterocycles. The van der Waals surface area contributed by atoms with E-state index in [9.17, 15) is 14.4 Å². The van der Waals surface area contributed by atoms with Crippen LogP contribution >= 0.6 is 11.3 Å². The Balaban J connectivity index is 1.70. The van der Waals surface area contributed by atoms with Gasteiger partial charge in [-0.2, -0.15) is 4.99 Å². The van der Waals surface area contributed by atoms with Crippen molar-refractivity contribution in [1.29, 1.82) is 0 Å². The SMILES string of the molecule is COCCn1c(=NC(=O)c2ccc(N3C(=O)CCC3=O)cc2)sc2cccc(OC)c21. The van der Waals surface area contributed by atoms with Crippen LogP contribution in [0.2, 0.25) is 0 Å². The molecule has 0 aliphatic carbocycles. The lowest BCUT2D eigenvalue weighted by Crippen LogP contribution is -2.28. The molecule has 3 aromatic rings. The number of thiazole rings is 1. The van der Waals surface area contributed by atoms with Crippen LogP contribution in [0.1, 0.15) is 23.2 Å². The molecule has 1 aliphatic heterocycles. The van der Waals surface area contributed by atoms with E-state index in [0.29, 0.717) is 35.0 Å². The van der Waals surface area contributed by atoms with Gasteiger partial charge in [-0.25, -0.2) is 0 Å². The second-order valence-corrected chi connectivity index (χ2v) is 7.93. The number of hydrogen-bond acceptors (Lipinski definition) is 6. The average molecular weight is 439 g/mol. The molecule has 0 N–H and O–H groups in total. The number of imide groups is 1.